The van der Waals surface area contributed by atoms with Crippen molar-refractivity contribution in [2.45, 2.75) is 65.2 Å². The van der Waals surface area contributed by atoms with Gasteiger partial charge in [0, 0.05) is 13.0 Å². The molecule has 0 saturated heterocycles. The monoisotopic (exact) mass is 330 g/mol. The topological polar surface area (TPSA) is 54.4 Å². The lowest BCUT2D eigenvalue weighted by atomic mass is 9.35. The number of fused-ring (bicyclic) bond motifs is 3. The molecule has 0 amide bonds. The van der Waals surface area contributed by atoms with Crippen LogP contribution in [0.1, 0.15) is 65.2 Å². The molecule has 0 heterocycles. The molecule has 3 heteroatoms. The molecule has 0 aromatic rings. The predicted octanol–water partition coefficient (Wildman–Crippen LogP) is 3.70. The van der Waals surface area contributed by atoms with Gasteiger partial charge in [-0.2, -0.15) is 0 Å². The number of Topliss-reactive ketones (excluding diaryl/α,β-unsaturated/α-hetero) is 2. The number of rotatable bonds is 2. The van der Waals surface area contributed by atoms with Crippen molar-refractivity contribution in [3.63, 3.8) is 0 Å². The van der Waals surface area contributed by atoms with Crippen LogP contribution in [0.2, 0.25) is 0 Å². The minimum atomic E-state index is -0.772. The minimum absolute atomic E-state index is 0.0403. The van der Waals surface area contributed by atoms with Gasteiger partial charge in [-0.25, -0.2) is 0 Å². The Bertz CT molecular complexity index is 623. The Morgan fingerprint density at radius 1 is 1.21 bits per heavy atom. The standard InChI is InChI=1S/C21H30O3/c1-4-20-8-5-7-19(3,12-22)15(20)11-17(23)21-9-6-14(10-16(20)21)13(2)18(21)24/h14-16,22H,2,4-12H2,1,3H3/t14-,15?,16?,19-,20+,21+/m0/s1. The van der Waals surface area contributed by atoms with E-state index in [1.807, 2.05) is 0 Å². The van der Waals surface area contributed by atoms with E-state index in [4.69, 9.17) is 0 Å². The number of carbonyl (C=O) groups is 2. The number of ketones is 2. The second kappa shape index (κ2) is 5.03. The Hall–Kier alpha value is -0.960. The number of carbonyl (C=O) groups excluding carboxylic acids is 2. The van der Waals surface area contributed by atoms with Gasteiger partial charge in [0.2, 0.25) is 0 Å². The Kier molecular flexibility index (Phi) is 3.46. The van der Waals surface area contributed by atoms with Crippen LogP contribution >= 0.6 is 0 Å². The molecule has 0 radical (unpaired) electrons. The number of hydrogen-bond donors (Lipinski definition) is 1. The molecule has 5 saturated carbocycles. The van der Waals surface area contributed by atoms with Gasteiger partial charge in [-0.05, 0) is 72.7 Å². The maximum Gasteiger partial charge on any atom is 0.172 e. The molecule has 24 heavy (non-hydrogen) atoms. The molecule has 2 unspecified atom stereocenters. The van der Waals surface area contributed by atoms with Crippen LogP contribution in [-0.2, 0) is 9.59 Å². The molecular weight excluding hydrogens is 300 g/mol. The lowest BCUT2D eigenvalue weighted by Gasteiger charge is -2.67. The van der Waals surface area contributed by atoms with Gasteiger partial charge < -0.3 is 5.11 Å². The first-order valence-electron chi connectivity index (χ1n) is 9.73. The van der Waals surface area contributed by atoms with Crippen molar-refractivity contribution in [2.24, 2.45) is 34.0 Å². The van der Waals surface area contributed by atoms with Gasteiger partial charge in [-0.3, -0.25) is 9.59 Å². The van der Waals surface area contributed by atoms with Crippen LogP contribution in [0.15, 0.2) is 12.2 Å². The first-order valence-corrected chi connectivity index (χ1v) is 9.73. The summed E-state index contributed by atoms with van der Waals surface area (Å²) in [5.41, 5.74) is -0.191. The highest BCUT2D eigenvalue weighted by molar-refractivity contribution is 6.16. The quantitative estimate of drug-likeness (QED) is 0.620. The summed E-state index contributed by atoms with van der Waals surface area (Å²) in [4.78, 5) is 26.5. The van der Waals surface area contributed by atoms with Crippen molar-refractivity contribution >= 4 is 11.6 Å². The van der Waals surface area contributed by atoms with Crippen LogP contribution in [0.5, 0.6) is 0 Å². The zero-order chi connectivity index (χ0) is 17.3. The van der Waals surface area contributed by atoms with E-state index in [1.165, 1.54) is 0 Å². The third-order valence-electron chi connectivity index (χ3n) is 8.72. The van der Waals surface area contributed by atoms with Crippen molar-refractivity contribution in [3.8, 4) is 0 Å². The molecule has 5 rings (SSSR count). The largest absolute Gasteiger partial charge is 0.396 e. The highest BCUT2D eigenvalue weighted by Crippen LogP contribution is 2.70. The summed E-state index contributed by atoms with van der Waals surface area (Å²) < 4.78 is 0. The normalized spacial score (nSPS) is 50.6. The molecule has 5 aliphatic rings. The van der Waals surface area contributed by atoms with Gasteiger partial charge in [0.05, 0.1) is 5.41 Å². The van der Waals surface area contributed by atoms with E-state index in [0.29, 0.717) is 6.42 Å². The molecule has 2 bridgehead atoms. The zero-order valence-electron chi connectivity index (χ0n) is 15.1. The van der Waals surface area contributed by atoms with E-state index in [9.17, 15) is 14.7 Å². The smallest absolute Gasteiger partial charge is 0.172 e. The van der Waals surface area contributed by atoms with Crippen LogP contribution in [0.4, 0.5) is 0 Å². The van der Waals surface area contributed by atoms with Gasteiger partial charge in [0.15, 0.2) is 5.78 Å². The maximum atomic E-state index is 13.3. The molecule has 0 aliphatic heterocycles. The molecular formula is C21H30O3. The van der Waals surface area contributed by atoms with Crippen molar-refractivity contribution in [1.29, 1.82) is 0 Å². The van der Waals surface area contributed by atoms with Crippen LogP contribution < -0.4 is 0 Å². The molecule has 5 fully saturated rings. The molecule has 6 atom stereocenters. The summed E-state index contributed by atoms with van der Waals surface area (Å²) in [7, 11) is 0. The molecule has 5 aliphatic carbocycles. The summed E-state index contributed by atoms with van der Waals surface area (Å²) >= 11 is 0. The van der Waals surface area contributed by atoms with Crippen molar-refractivity contribution in [3.05, 3.63) is 12.2 Å². The van der Waals surface area contributed by atoms with E-state index >= 15 is 0 Å². The fourth-order valence-electron chi connectivity index (χ4n) is 7.38. The first kappa shape index (κ1) is 16.5. The van der Waals surface area contributed by atoms with Crippen molar-refractivity contribution in [1.82, 2.24) is 0 Å². The van der Waals surface area contributed by atoms with Gasteiger partial charge in [-0.1, -0.05) is 26.8 Å². The highest BCUT2D eigenvalue weighted by atomic mass is 16.3. The van der Waals surface area contributed by atoms with Gasteiger partial charge >= 0.3 is 0 Å². The summed E-state index contributed by atoms with van der Waals surface area (Å²) in [6.45, 7) is 8.60. The Morgan fingerprint density at radius 3 is 2.62 bits per heavy atom. The Balaban J connectivity index is 1.88. The average molecular weight is 330 g/mol. The fourth-order valence-corrected chi connectivity index (χ4v) is 7.38. The summed E-state index contributed by atoms with van der Waals surface area (Å²) in [5.74, 6) is 0.901. The van der Waals surface area contributed by atoms with Crippen LogP contribution in [0.25, 0.3) is 0 Å². The van der Waals surface area contributed by atoms with Crippen LogP contribution in [0.3, 0.4) is 0 Å². The summed E-state index contributed by atoms with van der Waals surface area (Å²) in [6.07, 6.45) is 7.34. The lowest BCUT2D eigenvalue weighted by Crippen LogP contribution is -2.67. The van der Waals surface area contributed by atoms with E-state index < -0.39 is 5.41 Å². The van der Waals surface area contributed by atoms with Gasteiger partial charge in [-0.15, -0.1) is 0 Å². The average Bonchev–Trinajstić information content (AvgIpc) is 2.60. The Morgan fingerprint density at radius 2 is 1.96 bits per heavy atom. The van der Waals surface area contributed by atoms with Crippen LogP contribution in [0, 0.1) is 34.0 Å². The van der Waals surface area contributed by atoms with E-state index in [0.717, 1.165) is 50.5 Å². The van der Waals surface area contributed by atoms with Crippen molar-refractivity contribution in [2.75, 3.05) is 6.61 Å². The summed E-state index contributed by atoms with van der Waals surface area (Å²) in [6, 6.07) is 0. The highest BCUT2D eigenvalue weighted by Gasteiger charge is 2.70. The molecule has 132 valence electrons. The molecule has 1 N–H and O–H groups in total. The van der Waals surface area contributed by atoms with Gasteiger partial charge in [0.25, 0.3) is 0 Å². The van der Waals surface area contributed by atoms with E-state index in [1.54, 1.807) is 0 Å². The Labute approximate surface area is 144 Å². The number of allylic oxidation sites excluding steroid dienone is 1. The van der Waals surface area contributed by atoms with Crippen LogP contribution in [-0.4, -0.2) is 23.3 Å². The summed E-state index contributed by atoms with van der Waals surface area (Å²) in [5, 5.41) is 10.1. The lowest BCUT2D eigenvalue weighted by molar-refractivity contribution is -0.193. The van der Waals surface area contributed by atoms with E-state index in [-0.39, 0.29) is 46.8 Å². The zero-order valence-corrected chi connectivity index (χ0v) is 15.1. The number of aliphatic hydroxyl groups excluding tert-OH is 1. The predicted molar refractivity (Wildman–Crippen MR) is 92.3 cm³/mol. The van der Waals surface area contributed by atoms with Crippen molar-refractivity contribution < 1.29 is 14.7 Å². The van der Waals surface area contributed by atoms with Gasteiger partial charge in [0.1, 0.15) is 5.78 Å². The SMILES string of the molecule is C=C1C(=O)[C@]23CC[C@H]1CC2[C@]1(CC)CCC[C@@](C)(CO)C1CC3=O. The first-order chi connectivity index (χ1) is 11.4. The third kappa shape index (κ3) is 1.67. The minimum Gasteiger partial charge on any atom is -0.396 e. The molecule has 0 aromatic heterocycles. The molecule has 0 aromatic carbocycles. The fraction of sp³-hybridized carbons (Fsp3) is 0.810. The van der Waals surface area contributed by atoms with E-state index in [2.05, 4.69) is 20.4 Å². The third-order valence-corrected chi connectivity index (χ3v) is 8.72. The maximum absolute atomic E-state index is 13.3. The second-order valence-corrected chi connectivity index (χ2v) is 9.28. The number of hydrogen-bond acceptors (Lipinski definition) is 3. The number of aliphatic hydroxyl groups is 1. The second-order valence-electron chi connectivity index (χ2n) is 9.28. The molecule has 3 nitrogen and oxygen atoms in total. The molecule has 1 spiro atoms.